The number of sulfonamides is 1. The lowest BCUT2D eigenvalue weighted by molar-refractivity contribution is -0.128. The summed E-state index contributed by atoms with van der Waals surface area (Å²) in [5, 5.41) is 0.248. The van der Waals surface area contributed by atoms with E-state index in [-0.39, 0.29) is 28.1 Å². The molecule has 0 fully saturated rings. The van der Waals surface area contributed by atoms with Crippen LogP contribution in [0.1, 0.15) is 5.56 Å². The summed E-state index contributed by atoms with van der Waals surface area (Å²) < 4.78 is 33.0. The first-order chi connectivity index (χ1) is 14.8. The molecule has 0 spiro atoms. The van der Waals surface area contributed by atoms with E-state index in [0.29, 0.717) is 12.3 Å². The zero-order valence-corrected chi connectivity index (χ0v) is 18.8. The van der Waals surface area contributed by atoms with Crippen molar-refractivity contribution in [3.8, 4) is 5.75 Å². The zero-order chi connectivity index (χ0) is 22.4. The molecule has 0 heterocycles. The quantitative estimate of drug-likeness (QED) is 0.507. The van der Waals surface area contributed by atoms with Gasteiger partial charge in [-0.1, -0.05) is 60.1 Å². The number of methoxy groups -OCH3 is 1. The van der Waals surface area contributed by atoms with Gasteiger partial charge in [0.25, 0.3) is 10.0 Å². The van der Waals surface area contributed by atoms with Crippen LogP contribution in [0.25, 0.3) is 0 Å². The number of likely N-dealkylation sites (N-methyl/N-ethyl adjacent to an activating group) is 1. The molecule has 0 saturated carbocycles. The Hall–Kier alpha value is -3.03. The van der Waals surface area contributed by atoms with E-state index < -0.39 is 10.0 Å². The number of carbonyl (C=O) groups excluding carboxylic acids is 1. The third kappa shape index (κ3) is 5.37. The first-order valence-electron chi connectivity index (χ1n) is 9.52. The van der Waals surface area contributed by atoms with E-state index in [1.54, 1.807) is 37.4 Å². The van der Waals surface area contributed by atoms with E-state index in [9.17, 15) is 13.2 Å². The fourth-order valence-electron chi connectivity index (χ4n) is 3.03. The van der Waals surface area contributed by atoms with E-state index in [4.69, 9.17) is 16.3 Å². The number of ether oxygens (including phenoxy) is 1. The van der Waals surface area contributed by atoms with Crippen LogP contribution in [0.3, 0.4) is 0 Å². The van der Waals surface area contributed by atoms with Gasteiger partial charge in [0.05, 0.1) is 22.7 Å². The molecule has 31 heavy (non-hydrogen) atoms. The number of halogens is 1. The highest BCUT2D eigenvalue weighted by Crippen LogP contribution is 2.32. The van der Waals surface area contributed by atoms with Crippen molar-refractivity contribution < 1.29 is 17.9 Å². The third-order valence-electron chi connectivity index (χ3n) is 4.72. The summed E-state index contributed by atoms with van der Waals surface area (Å²) in [7, 11) is -0.889. The summed E-state index contributed by atoms with van der Waals surface area (Å²) in [6.07, 6.45) is 0. The molecular formula is C23H23ClN2O4S. The Bertz CT molecular complexity index is 1140. The number of rotatable bonds is 8. The second-order valence-electron chi connectivity index (χ2n) is 6.88. The highest BCUT2D eigenvalue weighted by Gasteiger charge is 2.28. The summed E-state index contributed by atoms with van der Waals surface area (Å²) in [6, 6.07) is 22.1. The minimum atomic E-state index is -4.01. The summed E-state index contributed by atoms with van der Waals surface area (Å²) >= 11 is 6.23. The van der Waals surface area contributed by atoms with Crippen molar-refractivity contribution >= 4 is 33.2 Å². The van der Waals surface area contributed by atoms with Crippen molar-refractivity contribution in [2.45, 2.75) is 11.4 Å². The van der Waals surface area contributed by atoms with Gasteiger partial charge in [0.15, 0.2) is 0 Å². The van der Waals surface area contributed by atoms with Crippen LogP contribution >= 0.6 is 11.6 Å². The number of carbonyl (C=O) groups is 1. The highest BCUT2D eigenvalue weighted by atomic mass is 35.5. The Kier molecular flexibility index (Phi) is 7.20. The highest BCUT2D eigenvalue weighted by molar-refractivity contribution is 7.92. The van der Waals surface area contributed by atoms with E-state index in [1.165, 1.54) is 30.2 Å². The van der Waals surface area contributed by atoms with Crippen molar-refractivity contribution in [3.05, 3.63) is 89.4 Å². The van der Waals surface area contributed by atoms with Crippen LogP contribution in [0.2, 0.25) is 5.02 Å². The lowest BCUT2D eigenvalue weighted by Crippen LogP contribution is -2.41. The Morgan fingerprint density at radius 3 is 2.16 bits per heavy atom. The maximum Gasteiger partial charge on any atom is 0.264 e. The van der Waals surface area contributed by atoms with Crippen molar-refractivity contribution in [2.24, 2.45) is 0 Å². The van der Waals surface area contributed by atoms with Crippen molar-refractivity contribution in [3.63, 3.8) is 0 Å². The van der Waals surface area contributed by atoms with Crippen LogP contribution in [0.15, 0.2) is 83.8 Å². The Balaban J connectivity index is 1.94. The molecule has 162 valence electrons. The number of amides is 1. The fraction of sp³-hybridized carbons (Fsp3) is 0.174. The predicted molar refractivity (Wildman–Crippen MR) is 122 cm³/mol. The molecule has 3 rings (SSSR count). The van der Waals surface area contributed by atoms with Crippen LogP contribution in [0, 0.1) is 0 Å². The van der Waals surface area contributed by atoms with Crippen molar-refractivity contribution in [1.82, 2.24) is 4.90 Å². The average molecular weight is 459 g/mol. The Labute approximate surface area is 187 Å². The smallest absolute Gasteiger partial charge is 0.264 e. The molecule has 0 radical (unpaired) electrons. The molecule has 1 amide bonds. The summed E-state index contributed by atoms with van der Waals surface area (Å²) in [6.45, 7) is -0.00845. The zero-order valence-electron chi connectivity index (χ0n) is 17.2. The molecular weight excluding hydrogens is 436 g/mol. The van der Waals surface area contributed by atoms with Gasteiger partial charge >= 0.3 is 0 Å². The lowest BCUT2D eigenvalue weighted by Gasteiger charge is -2.27. The molecule has 8 heteroatoms. The minimum absolute atomic E-state index is 0.0838. The molecule has 0 aromatic heterocycles. The Morgan fingerprint density at radius 2 is 1.58 bits per heavy atom. The number of hydrogen-bond acceptors (Lipinski definition) is 4. The van der Waals surface area contributed by atoms with Crippen LogP contribution in [0.5, 0.6) is 5.75 Å². The van der Waals surface area contributed by atoms with Gasteiger partial charge in [-0.3, -0.25) is 9.10 Å². The molecule has 0 bridgehead atoms. The van der Waals surface area contributed by atoms with E-state index in [2.05, 4.69) is 0 Å². The Morgan fingerprint density at radius 1 is 0.968 bits per heavy atom. The average Bonchev–Trinajstić information content (AvgIpc) is 2.78. The van der Waals surface area contributed by atoms with Crippen LogP contribution in [-0.4, -0.2) is 39.9 Å². The summed E-state index contributed by atoms with van der Waals surface area (Å²) in [5.74, 6) is 0.0605. The molecule has 0 saturated heterocycles. The predicted octanol–water partition coefficient (Wildman–Crippen LogP) is 4.20. The molecule has 0 aliphatic carbocycles. The second kappa shape index (κ2) is 9.85. The molecule has 0 atom stereocenters. The minimum Gasteiger partial charge on any atom is -0.495 e. The van der Waals surface area contributed by atoms with Gasteiger partial charge in [0.2, 0.25) is 5.91 Å². The fourth-order valence-corrected chi connectivity index (χ4v) is 4.71. The number of benzene rings is 3. The SMILES string of the molecule is COc1ccc(N(CC(=O)N(C)Cc2ccccc2)S(=O)(=O)c2ccccc2)cc1Cl. The van der Waals surface area contributed by atoms with Crippen LogP contribution in [-0.2, 0) is 21.4 Å². The number of hydrogen-bond donors (Lipinski definition) is 0. The normalized spacial score (nSPS) is 11.1. The largest absolute Gasteiger partial charge is 0.495 e. The standard InChI is InChI=1S/C23H23ClN2O4S/c1-25(16-18-9-5-3-6-10-18)23(27)17-26(19-13-14-22(30-2)21(24)15-19)31(28,29)20-11-7-4-8-12-20/h3-15H,16-17H2,1-2H3. The van der Waals surface area contributed by atoms with E-state index in [1.807, 2.05) is 30.3 Å². The molecule has 0 unspecified atom stereocenters. The molecule has 6 nitrogen and oxygen atoms in total. The van der Waals surface area contributed by atoms with Gasteiger partial charge in [-0.15, -0.1) is 0 Å². The molecule has 0 aliphatic heterocycles. The van der Waals surface area contributed by atoms with Crippen LogP contribution in [0.4, 0.5) is 5.69 Å². The maximum atomic E-state index is 13.4. The van der Waals surface area contributed by atoms with Crippen molar-refractivity contribution in [2.75, 3.05) is 25.0 Å². The van der Waals surface area contributed by atoms with Crippen LogP contribution < -0.4 is 9.04 Å². The maximum absolute atomic E-state index is 13.4. The van der Waals surface area contributed by atoms with E-state index in [0.717, 1.165) is 9.87 Å². The lowest BCUT2D eigenvalue weighted by atomic mass is 10.2. The van der Waals surface area contributed by atoms with Gasteiger partial charge in [-0.2, -0.15) is 0 Å². The first kappa shape index (κ1) is 22.7. The third-order valence-corrected chi connectivity index (χ3v) is 6.81. The molecule has 3 aromatic carbocycles. The van der Waals surface area contributed by atoms with Crippen molar-refractivity contribution in [1.29, 1.82) is 0 Å². The number of nitrogens with zero attached hydrogens (tertiary/aromatic N) is 2. The topological polar surface area (TPSA) is 66.9 Å². The van der Waals surface area contributed by atoms with Gasteiger partial charge < -0.3 is 9.64 Å². The number of anilines is 1. The monoisotopic (exact) mass is 458 g/mol. The van der Waals surface area contributed by atoms with Gasteiger partial charge in [0.1, 0.15) is 12.3 Å². The summed E-state index contributed by atoms with van der Waals surface area (Å²) in [5.41, 5.74) is 1.22. The van der Waals surface area contributed by atoms with Gasteiger partial charge in [-0.25, -0.2) is 8.42 Å². The van der Waals surface area contributed by atoms with Gasteiger partial charge in [-0.05, 0) is 35.9 Å². The summed E-state index contributed by atoms with van der Waals surface area (Å²) in [4.78, 5) is 14.6. The molecule has 0 aliphatic rings. The van der Waals surface area contributed by atoms with E-state index >= 15 is 0 Å². The molecule has 3 aromatic rings. The van der Waals surface area contributed by atoms with Gasteiger partial charge in [0, 0.05) is 13.6 Å². The second-order valence-corrected chi connectivity index (χ2v) is 9.15. The molecule has 0 N–H and O–H groups in total. The first-order valence-corrected chi connectivity index (χ1v) is 11.3.